The molecule has 118 valence electrons. The van der Waals surface area contributed by atoms with Gasteiger partial charge in [0.05, 0.1) is 23.2 Å². The summed E-state index contributed by atoms with van der Waals surface area (Å²) in [7, 11) is 0. The minimum Gasteiger partial charge on any atom is -0.478 e. The van der Waals surface area contributed by atoms with E-state index in [4.69, 9.17) is 0 Å². The lowest BCUT2D eigenvalue weighted by Gasteiger charge is -2.17. The Labute approximate surface area is 145 Å². The molecule has 1 aliphatic rings. The first-order valence-electron chi connectivity index (χ1n) is 7.29. The van der Waals surface area contributed by atoms with E-state index in [1.165, 1.54) is 0 Å². The highest BCUT2D eigenvalue weighted by atomic mass is 79.9. The van der Waals surface area contributed by atoms with Crippen LogP contribution in [0, 0.1) is 0 Å². The van der Waals surface area contributed by atoms with Crippen molar-refractivity contribution in [3.8, 4) is 0 Å². The van der Waals surface area contributed by atoms with Crippen LogP contribution in [-0.4, -0.2) is 22.0 Å². The highest BCUT2D eigenvalue weighted by Crippen LogP contribution is 2.35. The highest BCUT2D eigenvalue weighted by molar-refractivity contribution is 9.10. The van der Waals surface area contributed by atoms with Gasteiger partial charge in [-0.25, -0.2) is 9.78 Å². The SMILES string of the molecule is O=C(O)c1c(Br)ccc2nc(N3C(=O)Cc4ccccc43)ccc12. The second-order valence-electron chi connectivity index (χ2n) is 5.50. The van der Waals surface area contributed by atoms with E-state index in [0.29, 0.717) is 27.6 Å². The number of carbonyl (C=O) groups is 2. The van der Waals surface area contributed by atoms with Crippen LogP contribution in [0.4, 0.5) is 11.5 Å². The van der Waals surface area contributed by atoms with Gasteiger partial charge in [0.15, 0.2) is 0 Å². The van der Waals surface area contributed by atoms with E-state index in [1.807, 2.05) is 24.3 Å². The summed E-state index contributed by atoms with van der Waals surface area (Å²) in [4.78, 5) is 29.9. The Kier molecular flexibility index (Phi) is 3.35. The van der Waals surface area contributed by atoms with Crippen molar-refractivity contribution in [3.63, 3.8) is 0 Å². The fourth-order valence-corrected chi connectivity index (χ4v) is 3.53. The first kappa shape index (κ1) is 14.8. The number of carbonyl (C=O) groups excluding carboxylic acids is 1. The third kappa shape index (κ3) is 2.18. The Hall–Kier alpha value is -2.73. The largest absolute Gasteiger partial charge is 0.478 e. The standard InChI is InChI=1S/C18H11BrN2O3/c19-12-6-7-13-11(17(12)18(23)24)5-8-15(20-13)21-14-4-2-1-3-10(14)9-16(21)22/h1-8H,9H2,(H,23,24). The van der Waals surface area contributed by atoms with Crippen molar-refractivity contribution in [2.75, 3.05) is 4.90 Å². The number of fused-ring (bicyclic) bond motifs is 2. The predicted molar refractivity (Wildman–Crippen MR) is 93.7 cm³/mol. The fourth-order valence-electron chi connectivity index (χ4n) is 3.01. The second-order valence-corrected chi connectivity index (χ2v) is 6.35. The molecule has 0 atom stereocenters. The Bertz CT molecular complexity index is 1020. The number of amides is 1. The van der Waals surface area contributed by atoms with E-state index in [2.05, 4.69) is 20.9 Å². The molecule has 0 bridgehead atoms. The highest BCUT2D eigenvalue weighted by Gasteiger charge is 2.29. The molecule has 1 amide bonds. The summed E-state index contributed by atoms with van der Waals surface area (Å²) in [5, 5.41) is 9.92. The third-order valence-electron chi connectivity index (χ3n) is 4.07. The number of halogens is 1. The average Bonchev–Trinajstić information content (AvgIpc) is 2.89. The van der Waals surface area contributed by atoms with Gasteiger partial charge in [0.2, 0.25) is 5.91 Å². The molecular formula is C18H11BrN2O3. The molecule has 0 spiro atoms. The van der Waals surface area contributed by atoms with Gasteiger partial charge >= 0.3 is 5.97 Å². The molecule has 0 aliphatic carbocycles. The molecule has 6 heteroatoms. The number of aromatic carboxylic acids is 1. The first-order valence-corrected chi connectivity index (χ1v) is 8.09. The summed E-state index contributed by atoms with van der Waals surface area (Å²) in [6, 6.07) is 14.4. The van der Waals surface area contributed by atoms with Crippen LogP contribution < -0.4 is 4.90 Å². The number of aromatic nitrogens is 1. The van der Waals surface area contributed by atoms with Crippen molar-refractivity contribution < 1.29 is 14.7 Å². The number of rotatable bonds is 2. The number of para-hydroxylation sites is 1. The maximum Gasteiger partial charge on any atom is 0.337 e. The van der Waals surface area contributed by atoms with Gasteiger partial charge in [-0.15, -0.1) is 0 Å². The Morgan fingerprint density at radius 3 is 2.71 bits per heavy atom. The number of benzene rings is 2. The van der Waals surface area contributed by atoms with Gasteiger partial charge in [0, 0.05) is 9.86 Å². The van der Waals surface area contributed by atoms with E-state index in [0.717, 1.165) is 11.3 Å². The van der Waals surface area contributed by atoms with E-state index < -0.39 is 5.97 Å². The van der Waals surface area contributed by atoms with Gasteiger partial charge < -0.3 is 5.11 Å². The molecular weight excluding hydrogens is 372 g/mol. The van der Waals surface area contributed by atoms with Crippen LogP contribution in [0.5, 0.6) is 0 Å². The average molecular weight is 383 g/mol. The zero-order valence-corrected chi connectivity index (χ0v) is 13.9. The molecule has 1 aliphatic heterocycles. The molecule has 4 rings (SSSR count). The molecule has 2 heterocycles. The molecule has 5 nitrogen and oxygen atoms in total. The van der Waals surface area contributed by atoms with Crippen molar-refractivity contribution in [3.05, 3.63) is 64.1 Å². The van der Waals surface area contributed by atoms with Crippen LogP contribution in [0.1, 0.15) is 15.9 Å². The number of carboxylic acid groups (broad SMARTS) is 1. The quantitative estimate of drug-likeness (QED) is 0.728. The first-order chi connectivity index (χ1) is 11.6. The van der Waals surface area contributed by atoms with E-state index in [1.54, 1.807) is 29.2 Å². The number of hydrogen-bond acceptors (Lipinski definition) is 3. The molecule has 0 fully saturated rings. The third-order valence-corrected chi connectivity index (χ3v) is 4.73. The molecule has 3 aromatic rings. The lowest BCUT2D eigenvalue weighted by Crippen LogP contribution is -2.21. The van der Waals surface area contributed by atoms with Gasteiger partial charge in [0.1, 0.15) is 5.82 Å². The van der Waals surface area contributed by atoms with E-state index >= 15 is 0 Å². The summed E-state index contributed by atoms with van der Waals surface area (Å²) < 4.78 is 0.500. The number of anilines is 2. The molecule has 0 unspecified atom stereocenters. The summed E-state index contributed by atoms with van der Waals surface area (Å²) in [5.74, 6) is -0.570. The number of nitrogens with zero attached hydrogens (tertiary/aromatic N) is 2. The Morgan fingerprint density at radius 1 is 1.12 bits per heavy atom. The maximum absolute atomic E-state index is 12.4. The topological polar surface area (TPSA) is 70.5 Å². The molecule has 0 saturated carbocycles. The minimum atomic E-state index is -1.02. The van der Waals surface area contributed by atoms with Crippen molar-refractivity contribution in [1.82, 2.24) is 4.98 Å². The second kappa shape index (κ2) is 5.42. The van der Waals surface area contributed by atoms with Crippen LogP contribution >= 0.6 is 15.9 Å². The van der Waals surface area contributed by atoms with Crippen LogP contribution in [0.3, 0.4) is 0 Å². The van der Waals surface area contributed by atoms with Gasteiger partial charge in [-0.1, -0.05) is 18.2 Å². The van der Waals surface area contributed by atoms with Crippen LogP contribution in [0.25, 0.3) is 10.9 Å². The summed E-state index contributed by atoms with van der Waals surface area (Å²) in [6.07, 6.45) is 0.344. The van der Waals surface area contributed by atoms with Crippen LogP contribution in [-0.2, 0) is 11.2 Å². The van der Waals surface area contributed by atoms with Crippen LogP contribution in [0.15, 0.2) is 53.0 Å². The van der Waals surface area contributed by atoms with Crippen molar-refractivity contribution in [1.29, 1.82) is 0 Å². The minimum absolute atomic E-state index is 0.0429. The van der Waals surface area contributed by atoms with Crippen molar-refractivity contribution >= 4 is 50.2 Å². The molecule has 1 aromatic heterocycles. The van der Waals surface area contributed by atoms with Crippen LogP contribution in [0.2, 0.25) is 0 Å². The van der Waals surface area contributed by atoms with Crippen molar-refractivity contribution in [2.45, 2.75) is 6.42 Å². The Balaban J connectivity index is 1.89. The summed E-state index contributed by atoms with van der Waals surface area (Å²) >= 11 is 3.26. The summed E-state index contributed by atoms with van der Waals surface area (Å²) in [5.41, 5.74) is 2.49. The predicted octanol–water partition coefficient (Wildman–Crippen LogP) is 3.92. The van der Waals surface area contributed by atoms with Gasteiger partial charge in [-0.05, 0) is 51.8 Å². The van der Waals surface area contributed by atoms with Crippen molar-refractivity contribution in [2.24, 2.45) is 0 Å². The molecule has 0 saturated heterocycles. The lowest BCUT2D eigenvalue weighted by molar-refractivity contribution is -0.116. The zero-order chi connectivity index (χ0) is 16.8. The normalized spacial score (nSPS) is 13.4. The Morgan fingerprint density at radius 2 is 1.92 bits per heavy atom. The fraction of sp³-hybridized carbons (Fsp3) is 0.0556. The zero-order valence-electron chi connectivity index (χ0n) is 12.4. The molecule has 24 heavy (non-hydrogen) atoms. The monoisotopic (exact) mass is 382 g/mol. The van der Waals surface area contributed by atoms with E-state index in [-0.39, 0.29) is 11.5 Å². The number of pyridine rings is 1. The molecule has 0 radical (unpaired) electrons. The lowest BCUT2D eigenvalue weighted by atomic mass is 10.1. The number of hydrogen-bond donors (Lipinski definition) is 1. The van der Waals surface area contributed by atoms with E-state index in [9.17, 15) is 14.7 Å². The smallest absolute Gasteiger partial charge is 0.337 e. The maximum atomic E-state index is 12.4. The van der Waals surface area contributed by atoms with Gasteiger partial charge in [-0.2, -0.15) is 0 Å². The molecule has 2 aromatic carbocycles. The number of carboxylic acids is 1. The van der Waals surface area contributed by atoms with Gasteiger partial charge in [0.25, 0.3) is 0 Å². The molecule has 1 N–H and O–H groups in total. The summed E-state index contributed by atoms with van der Waals surface area (Å²) in [6.45, 7) is 0. The van der Waals surface area contributed by atoms with Gasteiger partial charge in [-0.3, -0.25) is 9.69 Å².